The van der Waals surface area contributed by atoms with E-state index < -0.39 is 0 Å². The molecule has 15 heavy (non-hydrogen) atoms. The van der Waals surface area contributed by atoms with Crippen LogP contribution in [0.4, 0.5) is 0 Å². The molecule has 0 spiro atoms. The third kappa shape index (κ3) is 1.41. The molecule has 2 saturated carbocycles. The van der Waals surface area contributed by atoms with E-state index in [0.717, 1.165) is 18.4 Å². The summed E-state index contributed by atoms with van der Waals surface area (Å²) in [6, 6.07) is 10.9. The Morgan fingerprint density at radius 2 is 1.93 bits per heavy atom. The molecule has 80 valence electrons. The van der Waals surface area contributed by atoms with Crippen LogP contribution in [0.15, 0.2) is 30.3 Å². The maximum Gasteiger partial charge on any atom is -0.00177 e. The normalized spacial score (nSPS) is 32.1. The predicted molar refractivity (Wildman–Crippen MR) is 62.6 cm³/mol. The molecule has 1 aromatic rings. The van der Waals surface area contributed by atoms with Crippen LogP contribution in [-0.2, 0) is 0 Å². The van der Waals surface area contributed by atoms with E-state index in [0.29, 0.717) is 5.41 Å². The minimum Gasteiger partial charge on any atom is -0.330 e. The summed E-state index contributed by atoms with van der Waals surface area (Å²) in [5.41, 5.74) is 8.01. The van der Waals surface area contributed by atoms with Gasteiger partial charge in [-0.25, -0.2) is 0 Å². The zero-order valence-corrected chi connectivity index (χ0v) is 9.15. The van der Waals surface area contributed by atoms with Crippen LogP contribution in [0.2, 0.25) is 0 Å². The minimum absolute atomic E-state index is 0.528. The van der Waals surface area contributed by atoms with Crippen molar-refractivity contribution in [2.45, 2.75) is 31.6 Å². The van der Waals surface area contributed by atoms with Gasteiger partial charge in [0.2, 0.25) is 0 Å². The number of hydrogen-bond acceptors (Lipinski definition) is 1. The summed E-state index contributed by atoms with van der Waals surface area (Å²) >= 11 is 0. The van der Waals surface area contributed by atoms with Gasteiger partial charge >= 0.3 is 0 Å². The standard InChI is InChI=1S/C14H19N/c15-10-14(7-4-8-14)13-9-12(13)11-5-2-1-3-6-11/h1-3,5-6,12-13H,4,7-10,15H2. The molecule has 0 radical (unpaired) electrons. The quantitative estimate of drug-likeness (QED) is 0.799. The largest absolute Gasteiger partial charge is 0.330 e. The van der Waals surface area contributed by atoms with Crippen LogP contribution in [0.5, 0.6) is 0 Å². The van der Waals surface area contributed by atoms with E-state index >= 15 is 0 Å². The summed E-state index contributed by atoms with van der Waals surface area (Å²) in [4.78, 5) is 0. The van der Waals surface area contributed by atoms with Gasteiger partial charge in [-0.3, -0.25) is 0 Å². The molecular formula is C14H19N. The van der Waals surface area contributed by atoms with E-state index in [1.54, 1.807) is 0 Å². The van der Waals surface area contributed by atoms with E-state index in [2.05, 4.69) is 30.3 Å². The molecule has 2 aliphatic carbocycles. The summed E-state index contributed by atoms with van der Waals surface area (Å²) in [6.07, 6.45) is 5.52. The molecular weight excluding hydrogens is 182 g/mol. The second kappa shape index (κ2) is 3.34. The van der Waals surface area contributed by atoms with Crippen LogP contribution in [0.25, 0.3) is 0 Å². The summed E-state index contributed by atoms with van der Waals surface area (Å²) in [7, 11) is 0. The van der Waals surface area contributed by atoms with Gasteiger partial charge in [0.05, 0.1) is 0 Å². The van der Waals surface area contributed by atoms with Gasteiger partial charge in [0.25, 0.3) is 0 Å². The lowest BCUT2D eigenvalue weighted by Gasteiger charge is -2.42. The fraction of sp³-hybridized carbons (Fsp3) is 0.571. The lowest BCUT2D eigenvalue weighted by atomic mass is 9.64. The average Bonchev–Trinajstić information content (AvgIpc) is 2.99. The summed E-state index contributed by atoms with van der Waals surface area (Å²) in [6.45, 7) is 0.904. The van der Waals surface area contributed by atoms with Gasteiger partial charge in [0.1, 0.15) is 0 Å². The van der Waals surface area contributed by atoms with Gasteiger partial charge in [0.15, 0.2) is 0 Å². The smallest absolute Gasteiger partial charge is 0.00177 e. The van der Waals surface area contributed by atoms with Crippen molar-refractivity contribution in [1.82, 2.24) is 0 Å². The molecule has 2 unspecified atom stereocenters. The highest BCUT2D eigenvalue weighted by Gasteiger charge is 2.54. The highest BCUT2D eigenvalue weighted by molar-refractivity contribution is 5.28. The molecule has 1 heteroatoms. The Labute approximate surface area is 91.7 Å². The van der Waals surface area contributed by atoms with Gasteiger partial charge in [-0.05, 0) is 48.6 Å². The second-order valence-electron chi connectivity index (χ2n) is 5.28. The van der Waals surface area contributed by atoms with E-state index in [-0.39, 0.29) is 0 Å². The highest BCUT2D eigenvalue weighted by atomic mass is 14.7. The Bertz CT molecular complexity index is 334. The van der Waals surface area contributed by atoms with Gasteiger partial charge < -0.3 is 5.73 Å². The molecule has 3 rings (SSSR count). The maximum atomic E-state index is 5.95. The molecule has 0 amide bonds. The van der Waals surface area contributed by atoms with Crippen molar-refractivity contribution in [3.05, 3.63) is 35.9 Å². The molecule has 0 saturated heterocycles. The Hall–Kier alpha value is -0.820. The zero-order valence-electron chi connectivity index (χ0n) is 9.15. The first-order valence-electron chi connectivity index (χ1n) is 6.11. The Balaban J connectivity index is 1.74. The van der Waals surface area contributed by atoms with E-state index in [4.69, 9.17) is 5.73 Å². The highest BCUT2D eigenvalue weighted by Crippen LogP contribution is 2.63. The summed E-state index contributed by atoms with van der Waals surface area (Å²) in [5, 5.41) is 0. The number of rotatable bonds is 3. The third-order valence-electron chi connectivity index (χ3n) is 4.56. The van der Waals surface area contributed by atoms with Gasteiger partial charge in [-0.1, -0.05) is 36.8 Å². The van der Waals surface area contributed by atoms with Crippen LogP contribution >= 0.6 is 0 Å². The first-order valence-corrected chi connectivity index (χ1v) is 6.11. The maximum absolute atomic E-state index is 5.95. The molecule has 1 aromatic carbocycles. The van der Waals surface area contributed by atoms with Gasteiger partial charge in [-0.2, -0.15) is 0 Å². The fourth-order valence-electron chi connectivity index (χ4n) is 3.30. The van der Waals surface area contributed by atoms with Crippen molar-refractivity contribution < 1.29 is 0 Å². The number of hydrogen-bond donors (Lipinski definition) is 1. The number of benzene rings is 1. The van der Waals surface area contributed by atoms with Crippen LogP contribution in [0, 0.1) is 11.3 Å². The topological polar surface area (TPSA) is 26.0 Å². The average molecular weight is 201 g/mol. The molecule has 0 heterocycles. The summed E-state index contributed by atoms with van der Waals surface area (Å²) < 4.78 is 0. The van der Waals surface area contributed by atoms with Gasteiger partial charge in [-0.15, -0.1) is 0 Å². The van der Waals surface area contributed by atoms with Crippen LogP contribution < -0.4 is 5.73 Å². The van der Waals surface area contributed by atoms with Crippen molar-refractivity contribution in [2.75, 3.05) is 6.54 Å². The first kappa shape index (κ1) is 9.41. The van der Waals surface area contributed by atoms with Crippen LogP contribution in [-0.4, -0.2) is 6.54 Å². The minimum atomic E-state index is 0.528. The van der Waals surface area contributed by atoms with Crippen molar-refractivity contribution in [2.24, 2.45) is 17.1 Å². The molecule has 2 aliphatic rings. The van der Waals surface area contributed by atoms with Crippen molar-refractivity contribution in [3.8, 4) is 0 Å². The second-order valence-corrected chi connectivity index (χ2v) is 5.28. The van der Waals surface area contributed by atoms with Crippen molar-refractivity contribution in [1.29, 1.82) is 0 Å². The molecule has 2 fully saturated rings. The Morgan fingerprint density at radius 3 is 2.47 bits per heavy atom. The van der Waals surface area contributed by atoms with Crippen LogP contribution in [0.1, 0.15) is 37.2 Å². The van der Waals surface area contributed by atoms with E-state index in [9.17, 15) is 0 Å². The predicted octanol–water partition coefficient (Wildman–Crippen LogP) is 2.92. The summed E-state index contributed by atoms with van der Waals surface area (Å²) in [5.74, 6) is 1.70. The lowest BCUT2D eigenvalue weighted by Crippen LogP contribution is -2.39. The van der Waals surface area contributed by atoms with E-state index in [1.807, 2.05) is 0 Å². The molecule has 1 nitrogen and oxygen atoms in total. The SMILES string of the molecule is NCC1(C2CC2c2ccccc2)CCC1. The Kier molecular flexibility index (Phi) is 2.10. The van der Waals surface area contributed by atoms with Crippen molar-refractivity contribution in [3.63, 3.8) is 0 Å². The third-order valence-corrected chi connectivity index (χ3v) is 4.56. The zero-order chi connectivity index (χ0) is 10.3. The molecule has 2 atom stereocenters. The molecule has 2 N–H and O–H groups in total. The van der Waals surface area contributed by atoms with Gasteiger partial charge in [0, 0.05) is 0 Å². The fourth-order valence-corrected chi connectivity index (χ4v) is 3.30. The molecule has 0 aliphatic heterocycles. The monoisotopic (exact) mass is 201 g/mol. The lowest BCUT2D eigenvalue weighted by molar-refractivity contribution is 0.109. The van der Waals surface area contributed by atoms with Crippen molar-refractivity contribution >= 4 is 0 Å². The first-order chi connectivity index (χ1) is 7.36. The molecule has 0 bridgehead atoms. The molecule has 0 aromatic heterocycles. The Morgan fingerprint density at radius 1 is 1.20 bits per heavy atom. The number of nitrogens with two attached hydrogens (primary N) is 1. The van der Waals surface area contributed by atoms with Crippen LogP contribution in [0.3, 0.4) is 0 Å². The van der Waals surface area contributed by atoms with E-state index in [1.165, 1.54) is 31.2 Å².